The molecule has 0 aliphatic rings. The zero-order valence-electron chi connectivity index (χ0n) is 17.3. The second kappa shape index (κ2) is 9.45. The van der Waals surface area contributed by atoms with E-state index in [0.29, 0.717) is 28.0 Å². The molecule has 0 atom stereocenters. The van der Waals surface area contributed by atoms with Crippen molar-refractivity contribution >= 4 is 44.2 Å². The highest BCUT2D eigenvalue weighted by atomic mass is 35.5. The monoisotopic (exact) mass is 451 g/mol. The summed E-state index contributed by atoms with van der Waals surface area (Å²) in [5.74, 6) is 0.575. The Morgan fingerprint density at radius 1 is 1.10 bits per heavy atom. The van der Waals surface area contributed by atoms with Gasteiger partial charge in [0.15, 0.2) is 5.13 Å². The second-order valence-electron chi connectivity index (χ2n) is 7.07. The predicted octanol–water partition coefficient (Wildman–Crippen LogP) is 5.69. The zero-order chi connectivity index (χ0) is 21.8. The van der Waals surface area contributed by atoms with E-state index in [1.54, 1.807) is 30.3 Å². The number of aromatic nitrogens is 2. The smallest absolute Gasteiger partial charge is 0.233 e. The Morgan fingerprint density at radius 2 is 1.87 bits per heavy atom. The lowest BCUT2D eigenvalue weighted by Crippen LogP contribution is -2.32. The Bertz CT molecular complexity index is 1190. The predicted molar refractivity (Wildman–Crippen MR) is 126 cm³/mol. The Balaban J connectivity index is 1.71. The molecule has 0 aliphatic carbocycles. The molecule has 0 fully saturated rings. The summed E-state index contributed by atoms with van der Waals surface area (Å²) in [5, 5.41) is 1.15. The fraction of sp³-hybridized carbons (Fsp3) is 0.208. The van der Waals surface area contributed by atoms with Crippen molar-refractivity contribution in [2.75, 3.05) is 12.0 Å². The van der Waals surface area contributed by atoms with Crippen molar-refractivity contribution in [3.63, 3.8) is 0 Å². The van der Waals surface area contributed by atoms with Crippen molar-refractivity contribution in [1.82, 2.24) is 9.97 Å². The summed E-state index contributed by atoms with van der Waals surface area (Å²) in [7, 11) is 1.60. The summed E-state index contributed by atoms with van der Waals surface area (Å²) in [5.41, 5.74) is 3.65. The molecule has 7 heteroatoms. The first-order chi connectivity index (χ1) is 15.1. The van der Waals surface area contributed by atoms with Gasteiger partial charge in [-0.25, -0.2) is 4.98 Å². The van der Waals surface area contributed by atoms with Crippen LogP contribution in [-0.2, 0) is 24.2 Å². The number of thiazole rings is 1. The molecule has 0 spiro atoms. The number of rotatable bonds is 7. The standard InChI is InChI=1S/C24H22ClN3O2S/c1-3-16-7-9-17(10-8-16)14-21(29)28(15-18-6-4-5-13-26-18)24-27-22-20(30-2)12-11-19(25)23(22)31-24/h4-13H,3,14-15H2,1-2H3. The lowest BCUT2D eigenvalue weighted by Gasteiger charge is -2.19. The van der Waals surface area contributed by atoms with E-state index < -0.39 is 0 Å². The fourth-order valence-electron chi connectivity index (χ4n) is 3.30. The third kappa shape index (κ3) is 4.70. The van der Waals surface area contributed by atoms with Crippen LogP contribution in [0.1, 0.15) is 23.7 Å². The highest BCUT2D eigenvalue weighted by molar-refractivity contribution is 7.23. The number of nitrogens with zero attached hydrogens (tertiary/aromatic N) is 3. The largest absolute Gasteiger partial charge is 0.494 e. The number of aryl methyl sites for hydroxylation is 1. The van der Waals surface area contributed by atoms with Crippen LogP contribution < -0.4 is 9.64 Å². The van der Waals surface area contributed by atoms with E-state index in [4.69, 9.17) is 21.3 Å². The van der Waals surface area contributed by atoms with Gasteiger partial charge in [-0.2, -0.15) is 0 Å². The summed E-state index contributed by atoms with van der Waals surface area (Å²) in [4.78, 5) is 24.2. The summed E-state index contributed by atoms with van der Waals surface area (Å²) in [6.07, 6.45) is 2.96. The maximum Gasteiger partial charge on any atom is 0.233 e. The van der Waals surface area contributed by atoms with Gasteiger partial charge < -0.3 is 4.74 Å². The molecule has 0 saturated carbocycles. The van der Waals surface area contributed by atoms with E-state index in [1.165, 1.54) is 16.9 Å². The van der Waals surface area contributed by atoms with Crippen molar-refractivity contribution in [3.05, 3.63) is 82.6 Å². The minimum atomic E-state index is -0.0518. The Hall–Kier alpha value is -2.96. The molecule has 0 unspecified atom stereocenters. The molecular weight excluding hydrogens is 430 g/mol. The van der Waals surface area contributed by atoms with Crippen LogP contribution >= 0.6 is 22.9 Å². The van der Waals surface area contributed by atoms with Gasteiger partial charge >= 0.3 is 0 Å². The van der Waals surface area contributed by atoms with Crippen LogP contribution in [0.4, 0.5) is 5.13 Å². The van der Waals surface area contributed by atoms with Crippen molar-refractivity contribution in [1.29, 1.82) is 0 Å². The number of hydrogen-bond donors (Lipinski definition) is 0. The second-order valence-corrected chi connectivity index (χ2v) is 8.46. The Kier molecular flexibility index (Phi) is 6.49. The molecule has 31 heavy (non-hydrogen) atoms. The van der Waals surface area contributed by atoms with Gasteiger partial charge in [0.2, 0.25) is 5.91 Å². The van der Waals surface area contributed by atoms with Gasteiger partial charge in [-0.1, -0.05) is 60.2 Å². The van der Waals surface area contributed by atoms with Crippen LogP contribution in [0.5, 0.6) is 5.75 Å². The number of amides is 1. The lowest BCUT2D eigenvalue weighted by atomic mass is 10.1. The molecule has 158 valence electrons. The van der Waals surface area contributed by atoms with E-state index in [2.05, 4.69) is 24.0 Å². The number of pyridine rings is 1. The van der Waals surface area contributed by atoms with Crippen molar-refractivity contribution < 1.29 is 9.53 Å². The third-order valence-electron chi connectivity index (χ3n) is 5.03. The molecule has 1 amide bonds. The van der Waals surface area contributed by atoms with E-state index in [-0.39, 0.29) is 12.3 Å². The normalized spacial score (nSPS) is 10.9. The molecule has 4 rings (SSSR count). The lowest BCUT2D eigenvalue weighted by molar-refractivity contribution is -0.118. The maximum absolute atomic E-state index is 13.4. The molecule has 2 aromatic heterocycles. The number of carbonyl (C=O) groups excluding carboxylic acids is 1. The summed E-state index contributed by atoms with van der Waals surface area (Å²) >= 11 is 7.78. The van der Waals surface area contributed by atoms with Gasteiger partial charge in [0.05, 0.1) is 35.5 Å². The van der Waals surface area contributed by atoms with Gasteiger partial charge in [0.1, 0.15) is 11.3 Å². The molecule has 0 radical (unpaired) electrons. The van der Waals surface area contributed by atoms with Gasteiger partial charge in [-0.05, 0) is 41.8 Å². The van der Waals surface area contributed by atoms with Gasteiger partial charge in [-0.15, -0.1) is 0 Å². The van der Waals surface area contributed by atoms with E-state index in [0.717, 1.165) is 22.4 Å². The van der Waals surface area contributed by atoms with Crippen LogP contribution in [0.25, 0.3) is 10.2 Å². The zero-order valence-corrected chi connectivity index (χ0v) is 18.9. The SMILES string of the molecule is CCc1ccc(CC(=O)N(Cc2ccccn2)c2nc3c(OC)ccc(Cl)c3s2)cc1. The summed E-state index contributed by atoms with van der Waals surface area (Å²) in [6.45, 7) is 2.44. The maximum atomic E-state index is 13.4. The van der Waals surface area contributed by atoms with Crippen LogP contribution in [0.2, 0.25) is 5.02 Å². The average molecular weight is 452 g/mol. The van der Waals surface area contributed by atoms with Crippen molar-refractivity contribution in [2.24, 2.45) is 0 Å². The number of halogens is 1. The summed E-state index contributed by atoms with van der Waals surface area (Å²) < 4.78 is 6.24. The van der Waals surface area contributed by atoms with Crippen molar-refractivity contribution in [2.45, 2.75) is 26.3 Å². The minimum Gasteiger partial charge on any atom is -0.494 e. The highest BCUT2D eigenvalue weighted by Crippen LogP contribution is 2.39. The van der Waals surface area contributed by atoms with Gasteiger partial charge in [-0.3, -0.25) is 14.7 Å². The first kappa shape index (κ1) is 21.3. The molecule has 0 aliphatic heterocycles. The Labute approximate surface area is 190 Å². The number of hydrogen-bond acceptors (Lipinski definition) is 5. The van der Waals surface area contributed by atoms with E-state index in [1.807, 2.05) is 30.3 Å². The average Bonchev–Trinajstić information content (AvgIpc) is 3.25. The molecule has 0 saturated heterocycles. The number of fused-ring (bicyclic) bond motifs is 1. The molecule has 0 bridgehead atoms. The molecule has 5 nitrogen and oxygen atoms in total. The molecule has 2 aromatic carbocycles. The van der Waals surface area contributed by atoms with Crippen LogP contribution in [-0.4, -0.2) is 23.0 Å². The molecule has 4 aromatic rings. The van der Waals surface area contributed by atoms with E-state index in [9.17, 15) is 4.79 Å². The van der Waals surface area contributed by atoms with Crippen molar-refractivity contribution in [3.8, 4) is 5.75 Å². The topological polar surface area (TPSA) is 55.3 Å². The summed E-state index contributed by atoms with van der Waals surface area (Å²) in [6, 6.07) is 17.4. The third-order valence-corrected chi connectivity index (χ3v) is 6.57. The molecule has 2 heterocycles. The first-order valence-electron chi connectivity index (χ1n) is 10.00. The molecule has 0 N–H and O–H groups in total. The van der Waals surface area contributed by atoms with E-state index >= 15 is 0 Å². The van der Waals surface area contributed by atoms with Crippen LogP contribution in [0.3, 0.4) is 0 Å². The molecular formula is C24H22ClN3O2S. The number of ether oxygens (including phenoxy) is 1. The minimum absolute atomic E-state index is 0.0518. The number of anilines is 1. The number of benzene rings is 2. The number of methoxy groups -OCH3 is 1. The van der Waals surface area contributed by atoms with Gasteiger partial charge in [0, 0.05) is 6.20 Å². The first-order valence-corrected chi connectivity index (χ1v) is 11.2. The highest BCUT2D eigenvalue weighted by Gasteiger charge is 2.23. The van der Waals surface area contributed by atoms with Crippen LogP contribution in [0.15, 0.2) is 60.8 Å². The quantitative estimate of drug-likeness (QED) is 0.362. The fourth-order valence-corrected chi connectivity index (χ4v) is 4.57. The number of carbonyl (C=O) groups is 1. The van der Waals surface area contributed by atoms with Crippen LogP contribution in [0, 0.1) is 0 Å². The Morgan fingerprint density at radius 3 is 2.55 bits per heavy atom. The van der Waals surface area contributed by atoms with Gasteiger partial charge in [0.25, 0.3) is 0 Å².